The SMILES string of the molecule is CCCNC(=O)CNC(=O)c1cc(OC)c(Br)c(OC)c1. The van der Waals surface area contributed by atoms with Gasteiger partial charge in [0.05, 0.1) is 20.8 Å². The van der Waals surface area contributed by atoms with E-state index in [1.165, 1.54) is 14.2 Å². The van der Waals surface area contributed by atoms with E-state index in [4.69, 9.17) is 9.47 Å². The van der Waals surface area contributed by atoms with Crippen LogP contribution in [0.4, 0.5) is 0 Å². The van der Waals surface area contributed by atoms with Crippen molar-refractivity contribution in [2.45, 2.75) is 13.3 Å². The van der Waals surface area contributed by atoms with Crippen molar-refractivity contribution in [2.24, 2.45) is 0 Å². The quantitative estimate of drug-likeness (QED) is 0.777. The molecule has 0 aromatic heterocycles. The van der Waals surface area contributed by atoms with E-state index in [2.05, 4.69) is 26.6 Å². The predicted molar refractivity (Wildman–Crippen MR) is 82.9 cm³/mol. The molecule has 0 saturated heterocycles. The van der Waals surface area contributed by atoms with Crippen LogP contribution in [-0.2, 0) is 4.79 Å². The fourth-order valence-electron chi connectivity index (χ4n) is 1.59. The van der Waals surface area contributed by atoms with Crippen molar-refractivity contribution in [1.82, 2.24) is 10.6 Å². The molecule has 0 atom stereocenters. The summed E-state index contributed by atoms with van der Waals surface area (Å²) in [5.74, 6) is 0.372. The second-order valence-electron chi connectivity index (χ2n) is 4.23. The molecule has 2 N–H and O–H groups in total. The topological polar surface area (TPSA) is 76.7 Å². The lowest BCUT2D eigenvalue weighted by molar-refractivity contribution is -0.120. The molecule has 6 nitrogen and oxygen atoms in total. The number of nitrogens with one attached hydrogen (secondary N) is 2. The van der Waals surface area contributed by atoms with E-state index in [9.17, 15) is 9.59 Å². The van der Waals surface area contributed by atoms with Crippen molar-refractivity contribution in [3.05, 3.63) is 22.2 Å². The van der Waals surface area contributed by atoms with Gasteiger partial charge in [-0.25, -0.2) is 0 Å². The summed E-state index contributed by atoms with van der Waals surface area (Å²) in [6.07, 6.45) is 0.848. The summed E-state index contributed by atoms with van der Waals surface area (Å²) < 4.78 is 11.0. The second kappa shape index (κ2) is 8.51. The van der Waals surface area contributed by atoms with Crippen molar-refractivity contribution in [3.63, 3.8) is 0 Å². The molecule has 1 rings (SSSR count). The van der Waals surface area contributed by atoms with E-state index in [0.29, 0.717) is 28.1 Å². The van der Waals surface area contributed by atoms with Gasteiger partial charge in [0.25, 0.3) is 5.91 Å². The molecule has 1 aromatic rings. The molecular formula is C14H19BrN2O4. The van der Waals surface area contributed by atoms with Gasteiger partial charge in [-0.3, -0.25) is 9.59 Å². The summed E-state index contributed by atoms with van der Waals surface area (Å²) in [5, 5.41) is 5.24. The number of benzene rings is 1. The highest BCUT2D eigenvalue weighted by atomic mass is 79.9. The highest BCUT2D eigenvalue weighted by molar-refractivity contribution is 9.10. The minimum atomic E-state index is -0.370. The third-order valence-corrected chi connectivity index (χ3v) is 3.47. The largest absolute Gasteiger partial charge is 0.495 e. The Hall–Kier alpha value is -1.76. The molecule has 0 aliphatic heterocycles. The summed E-state index contributed by atoms with van der Waals surface area (Å²) in [7, 11) is 3.00. The zero-order chi connectivity index (χ0) is 15.8. The van der Waals surface area contributed by atoms with Crippen molar-refractivity contribution >= 4 is 27.7 Å². The lowest BCUT2D eigenvalue weighted by Crippen LogP contribution is -2.37. The first-order valence-electron chi connectivity index (χ1n) is 6.49. The standard InChI is InChI=1S/C14H19BrN2O4/c1-4-5-16-12(18)8-17-14(19)9-6-10(20-2)13(15)11(7-9)21-3/h6-7H,4-5,8H2,1-3H3,(H,16,18)(H,17,19). The van der Waals surface area contributed by atoms with E-state index < -0.39 is 0 Å². The molecule has 7 heteroatoms. The molecule has 0 aliphatic carbocycles. The van der Waals surface area contributed by atoms with E-state index in [0.717, 1.165) is 6.42 Å². The van der Waals surface area contributed by atoms with Gasteiger partial charge in [0.15, 0.2) is 0 Å². The molecule has 0 spiro atoms. The fourth-order valence-corrected chi connectivity index (χ4v) is 2.14. The van der Waals surface area contributed by atoms with Crippen LogP contribution in [0.25, 0.3) is 0 Å². The van der Waals surface area contributed by atoms with Crippen molar-refractivity contribution < 1.29 is 19.1 Å². The van der Waals surface area contributed by atoms with E-state index in [-0.39, 0.29) is 18.4 Å². The summed E-state index contributed by atoms with van der Waals surface area (Å²) in [6, 6.07) is 3.15. The Morgan fingerprint density at radius 2 is 1.71 bits per heavy atom. The molecule has 116 valence electrons. The molecule has 0 bridgehead atoms. The predicted octanol–water partition coefficient (Wildman–Crippen LogP) is 1.72. The molecule has 21 heavy (non-hydrogen) atoms. The lowest BCUT2D eigenvalue weighted by atomic mass is 10.2. The average molecular weight is 359 g/mol. The number of methoxy groups -OCH3 is 2. The monoisotopic (exact) mass is 358 g/mol. The summed E-state index contributed by atoms with van der Waals surface area (Å²) in [4.78, 5) is 23.5. The van der Waals surface area contributed by atoms with Gasteiger partial charge in [-0.05, 0) is 34.5 Å². The molecule has 1 aromatic carbocycles. The van der Waals surface area contributed by atoms with Gasteiger partial charge in [0, 0.05) is 12.1 Å². The van der Waals surface area contributed by atoms with E-state index in [1.807, 2.05) is 6.92 Å². The average Bonchev–Trinajstić information content (AvgIpc) is 2.50. The van der Waals surface area contributed by atoms with Crippen molar-refractivity contribution in [3.8, 4) is 11.5 Å². The lowest BCUT2D eigenvalue weighted by Gasteiger charge is -2.11. The first-order chi connectivity index (χ1) is 10.0. The maximum Gasteiger partial charge on any atom is 0.251 e. The number of ether oxygens (including phenoxy) is 2. The maximum atomic E-state index is 12.1. The van der Waals surface area contributed by atoms with E-state index >= 15 is 0 Å². The molecule has 0 unspecified atom stereocenters. The Morgan fingerprint density at radius 1 is 1.14 bits per heavy atom. The van der Waals surface area contributed by atoms with Crippen LogP contribution in [0.3, 0.4) is 0 Å². The van der Waals surface area contributed by atoms with Crippen LogP contribution in [0.2, 0.25) is 0 Å². The molecule has 0 radical (unpaired) electrons. The number of rotatable bonds is 7. The minimum absolute atomic E-state index is 0.0699. The number of hydrogen-bond donors (Lipinski definition) is 2. The molecular weight excluding hydrogens is 340 g/mol. The highest BCUT2D eigenvalue weighted by Crippen LogP contribution is 2.35. The first-order valence-corrected chi connectivity index (χ1v) is 7.29. The van der Waals surface area contributed by atoms with Gasteiger partial charge >= 0.3 is 0 Å². The van der Waals surface area contributed by atoms with Gasteiger partial charge in [0.2, 0.25) is 5.91 Å². The fraction of sp³-hybridized carbons (Fsp3) is 0.429. The van der Waals surface area contributed by atoms with Crippen LogP contribution in [-0.4, -0.2) is 39.1 Å². The highest BCUT2D eigenvalue weighted by Gasteiger charge is 2.15. The zero-order valence-electron chi connectivity index (χ0n) is 12.3. The zero-order valence-corrected chi connectivity index (χ0v) is 13.9. The Balaban J connectivity index is 2.76. The number of halogens is 1. The molecule has 0 aliphatic rings. The van der Waals surface area contributed by atoms with Gasteiger partial charge in [-0.1, -0.05) is 6.92 Å². The van der Waals surface area contributed by atoms with Crippen LogP contribution < -0.4 is 20.1 Å². The van der Waals surface area contributed by atoms with Crippen molar-refractivity contribution in [1.29, 1.82) is 0 Å². The minimum Gasteiger partial charge on any atom is -0.495 e. The number of carbonyl (C=O) groups excluding carboxylic acids is 2. The molecule has 0 saturated carbocycles. The molecule has 2 amide bonds. The van der Waals surface area contributed by atoms with Gasteiger partial charge in [-0.2, -0.15) is 0 Å². The molecule has 0 fully saturated rings. The van der Waals surface area contributed by atoms with Gasteiger partial charge in [0.1, 0.15) is 16.0 Å². The van der Waals surface area contributed by atoms with Crippen LogP contribution in [0.1, 0.15) is 23.7 Å². The maximum absolute atomic E-state index is 12.1. The van der Waals surface area contributed by atoms with Crippen LogP contribution >= 0.6 is 15.9 Å². The van der Waals surface area contributed by atoms with Crippen LogP contribution in [0.5, 0.6) is 11.5 Å². The molecule has 0 heterocycles. The number of hydrogen-bond acceptors (Lipinski definition) is 4. The Labute approximate surface area is 132 Å². The second-order valence-corrected chi connectivity index (χ2v) is 5.02. The Kier molecular flexibility index (Phi) is 7.01. The Morgan fingerprint density at radius 3 is 2.19 bits per heavy atom. The number of amides is 2. The summed E-state index contributed by atoms with van der Waals surface area (Å²) >= 11 is 3.33. The normalized spacial score (nSPS) is 9.90. The van der Waals surface area contributed by atoms with Crippen LogP contribution in [0, 0.1) is 0 Å². The van der Waals surface area contributed by atoms with E-state index in [1.54, 1.807) is 12.1 Å². The smallest absolute Gasteiger partial charge is 0.251 e. The third-order valence-electron chi connectivity index (χ3n) is 2.69. The summed E-state index contributed by atoms with van der Waals surface area (Å²) in [5.41, 5.74) is 0.357. The van der Waals surface area contributed by atoms with Crippen molar-refractivity contribution in [2.75, 3.05) is 27.3 Å². The first kappa shape index (κ1) is 17.3. The summed E-state index contributed by atoms with van der Waals surface area (Å²) in [6.45, 7) is 2.48. The van der Waals surface area contributed by atoms with Gasteiger partial charge < -0.3 is 20.1 Å². The van der Waals surface area contributed by atoms with Crippen LogP contribution in [0.15, 0.2) is 16.6 Å². The number of carbonyl (C=O) groups is 2. The Bertz CT molecular complexity index is 495. The third kappa shape index (κ3) is 4.93. The van der Waals surface area contributed by atoms with Gasteiger partial charge in [-0.15, -0.1) is 0 Å².